The highest BCUT2D eigenvalue weighted by atomic mass is 16.6. The Morgan fingerprint density at radius 2 is 2.18 bits per heavy atom. The van der Waals surface area contributed by atoms with E-state index >= 15 is 0 Å². The van der Waals surface area contributed by atoms with Crippen LogP contribution in [-0.2, 0) is 9.53 Å². The maximum absolute atomic E-state index is 10.9. The quantitative estimate of drug-likeness (QED) is 0.476. The zero-order valence-corrected chi connectivity index (χ0v) is 9.67. The molecule has 0 heterocycles. The predicted molar refractivity (Wildman–Crippen MR) is 61.5 cm³/mol. The summed E-state index contributed by atoms with van der Waals surface area (Å²) in [6, 6.07) is 6.13. The molecule has 1 atom stereocenters. The van der Waals surface area contributed by atoms with Crippen molar-refractivity contribution < 1.29 is 14.5 Å². The predicted octanol–water partition coefficient (Wildman–Crippen LogP) is 1.42. The molecule has 0 saturated heterocycles. The van der Waals surface area contributed by atoms with Gasteiger partial charge in [-0.15, -0.1) is 0 Å². The fraction of sp³-hybridized carbons (Fsp3) is 0.364. The SMILES string of the molecule is COC(=O)CNC(C)c1ccccc1[N+](=O)[O-]. The molecule has 1 aromatic rings. The Morgan fingerprint density at radius 3 is 2.76 bits per heavy atom. The van der Waals surface area contributed by atoms with Gasteiger partial charge in [0, 0.05) is 17.7 Å². The Hall–Kier alpha value is -1.95. The molecule has 17 heavy (non-hydrogen) atoms. The maximum atomic E-state index is 10.9. The third kappa shape index (κ3) is 3.53. The molecule has 0 spiro atoms. The van der Waals surface area contributed by atoms with Crippen LogP contribution in [0.5, 0.6) is 0 Å². The van der Waals surface area contributed by atoms with E-state index in [0.717, 1.165) is 0 Å². The molecule has 1 aromatic carbocycles. The molecular formula is C11H14N2O4. The smallest absolute Gasteiger partial charge is 0.319 e. The number of rotatable bonds is 5. The second-order valence-corrected chi connectivity index (χ2v) is 3.49. The molecule has 1 rings (SSSR count). The Morgan fingerprint density at radius 1 is 1.53 bits per heavy atom. The van der Waals surface area contributed by atoms with Gasteiger partial charge in [0.2, 0.25) is 0 Å². The van der Waals surface area contributed by atoms with Gasteiger partial charge in [0.1, 0.15) is 0 Å². The number of methoxy groups -OCH3 is 1. The van der Waals surface area contributed by atoms with Crippen molar-refractivity contribution in [2.75, 3.05) is 13.7 Å². The maximum Gasteiger partial charge on any atom is 0.319 e. The Kier molecular flexibility index (Phi) is 4.59. The van der Waals surface area contributed by atoms with Gasteiger partial charge in [-0.2, -0.15) is 0 Å². The molecule has 0 radical (unpaired) electrons. The van der Waals surface area contributed by atoms with Crippen molar-refractivity contribution in [3.8, 4) is 0 Å². The van der Waals surface area contributed by atoms with E-state index in [1.54, 1.807) is 25.1 Å². The zero-order valence-electron chi connectivity index (χ0n) is 9.67. The fourth-order valence-corrected chi connectivity index (χ4v) is 1.44. The molecule has 1 unspecified atom stereocenters. The molecule has 0 aliphatic carbocycles. The third-order valence-corrected chi connectivity index (χ3v) is 2.38. The number of nitro benzene ring substituents is 1. The summed E-state index contributed by atoms with van der Waals surface area (Å²) in [6.45, 7) is 1.77. The first kappa shape index (κ1) is 13.1. The first-order valence-electron chi connectivity index (χ1n) is 5.09. The van der Waals surface area contributed by atoms with Crippen molar-refractivity contribution in [1.29, 1.82) is 0 Å². The highest BCUT2D eigenvalue weighted by molar-refractivity contribution is 5.71. The summed E-state index contributed by atoms with van der Waals surface area (Å²) >= 11 is 0. The lowest BCUT2D eigenvalue weighted by Gasteiger charge is -2.13. The van der Waals surface area contributed by atoms with Crippen LogP contribution in [0.2, 0.25) is 0 Å². The summed E-state index contributed by atoms with van der Waals surface area (Å²) in [5, 5.41) is 13.7. The lowest BCUT2D eigenvalue weighted by molar-refractivity contribution is -0.385. The van der Waals surface area contributed by atoms with Gasteiger partial charge in [-0.1, -0.05) is 18.2 Å². The van der Waals surface area contributed by atoms with Gasteiger partial charge >= 0.3 is 5.97 Å². The first-order valence-corrected chi connectivity index (χ1v) is 5.09. The van der Waals surface area contributed by atoms with Crippen LogP contribution in [0.1, 0.15) is 18.5 Å². The monoisotopic (exact) mass is 238 g/mol. The molecular weight excluding hydrogens is 224 g/mol. The van der Waals surface area contributed by atoms with E-state index in [4.69, 9.17) is 0 Å². The summed E-state index contributed by atoms with van der Waals surface area (Å²) in [5.74, 6) is -0.407. The minimum Gasteiger partial charge on any atom is -0.468 e. The molecule has 6 heteroatoms. The molecule has 0 fully saturated rings. The highest BCUT2D eigenvalue weighted by Crippen LogP contribution is 2.23. The van der Waals surface area contributed by atoms with E-state index in [1.165, 1.54) is 13.2 Å². The number of carbonyl (C=O) groups excluding carboxylic acids is 1. The zero-order chi connectivity index (χ0) is 12.8. The summed E-state index contributed by atoms with van der Waals surface area (Å²) in [5.41, 5.74) is 0.582. The van der Waals surface area contributed by atoms with Gasteiger partial charge in [0.15, 0.2) is 0 Å². The number of esters is 1. The minimum absolute atomic E-state index is 0.0176. The molecule has 0 bridgehead atoms. The topological polar surface area (TPSA) is 81.5 Å². The minimum atomic E-state index is -0.439. The van der Waals surface area contributed by atoms with E-state index in [1.807, 2.05) is 0 Å². The Bertz CT molecular complexity index is 420. The third-order valence-electron chi connectivity index (χ3n) is 2.38. The van der Waals surface area contributed by atoms with Crippen LogP contribution in [0.3, 0.4) is 0 Å². The van der Waals surface area contributed by atoms with E-state index in [9.17, 15) is 14.9 Å². The van der Waals surface area contributed by atoms with Gasteiger partial charge in [0.25, 0.3) is 5.69 Å². The van der Waals surface area contributed by atoms with E-state index < -0.39 is 10.9 Å². The van der Waals surface area contributed by atoms with Crippen molar-refractivity contribution in [3.63, 3.8) is 0 Å². The lowest BCUT2D eigenvalue weighted by atomic mass is 10.1. The molecule has 1 N–H and O–H groups in total. The molecule has 6 nitrogen and oxygen atoms in total. The van der Waals surface area contributed by atoms with Gasteiger partial charge in [-0.3, -0.25) is 14.9 Å². The van der Waals surface area contributed by atoms with Crippen molar-refractivity contribution in [2.45, 2.75) is 13.0 Å². The van der Waals surface area contributed by atoms with Crippen molar-refractivity contribution in [3.05, 3.63) is 39.9 Å². The fourth-order valence-electron chi connectivity index (χ4n) is 1.44. The van der Waals surface area contributed by atoms with Crippen LogP contribution in [0.25, 0.3) is 0 Å². The van der Waals surface area contributed by atoms with Crippen LogP contribution in [0.4, 0.5) is 5.69 Å². The Balaban J connectivity index is 2.78. The summed E-state index contributed by atoms with van der Waals surface area (Å²) in [4.78, 5) is 21.3. The van der Waals surface area contributed by atoms with Crippen LogP contribution < -0.4 is 5.32 Å². The second-order valence-electron chi connectivity index (χ2n) is 3.49. The van der Waals surface area contributed by atoms with Crippen LogP contribution in [-0.4, -0.2) is 24.5 Å². The molecule has 0 amide bonds. The van der Waals surface area contributed by atoms with Gasteiger partial charge in [-0.25, -0.2) is 0 Å². The summed E-state index contributed by atoms with van der Waals surface area (Å²) < 4.78 is 4.48. The van der Waals surface area contributed by atoms with Crippen molar-refractivity contribution >= 4 is 11.7 Å². The standard InChI is InChI=1S/C11H14N2O4/c1-8(12-7-11(14)17-2)9-5-3-4-6-10(9)13(15)16/h3-6,8,12H,7H2,1-2H3. The summed E-state index contributed by atoms with van der Waals surface area (Å²) in [6.07, 6.45) is 0. The average Bonchev–Trinajstić information content (AvgIpc) is 2.35. The Labute approximate surface area is 98.7 Å². The molecule has 0 saturated carbocycles. The number of hydrogen-bond acceptors (Lipinski definition) is 5. The average molecular weight is 238 g/mol. The normalized spacial score (nSPS) is 11.9. The molecule has 0 aromatic heterocycles. The van der Waals surface area contributed by atoms with E-state index in [0.29, 0.717) is 5.56 Å². The number of benzene rings is 1. The largest absolute Gasteiger partial charge is 0.468 e. The molecule has 0 aliphatic heterocycles. The van der Waals surface area contributed by atoms with Crippen molar-refractivity contribution in [2.24, 2.45) is 0 Å². The van der Waals surface area contributed by atoms with Gasteiger partial charge in [0.05, 0.1) is 18.6 Å². The number of nitrogens with zero attached hydrogens (tertiary/aromatic N) is 1. The van der Waals surface area contributed by atoms with Crippen LogP contribution in [0, 0.1) is 10.1 Å². The lowest BCUT2D eigenvalue weighted by Crippen LogP contribution is -2.27. The van der Waals surface area contributed by atoms with E-state index in [2.05, 4.69) is 10.1 Å². The van der Waals surface area contributed by atoms with Crippen LogP contribution >= 0.6 is 0 Å². The second kappa shape index (κ2) is 5.95. The van der Waals surface area contributed by atoms with Gasteiger partial charge < -0.3 is 10.1 Å². The number of para-hydroxylation sites is 1. The number of hydrogen-bond donors (Lipinski definition) is 1. The van der Waals surface area contributed by atoms with Gasteiger partial charge in [-0.05, 0) is 6.92 Å². The number of ether oxygens (including phenoxy) is 1. The highest BCUT2D eigenvalue weighted by Gasteiger charge is 2.18. The molecule has 92 valence electrons. The van der Waals surface area contributed by atoms with E-state index in [-0.39, 0.29) is 18.3 Å². The first-order chi connectivity index (χ1) is 8.06. The molecule has 0 aliphatic rings. The van der Waals surface area contributed by atoms with Crippen molar-refractivity contribution in [1.82, 2.24) is 5.32 Å². The summed E-state index contributed by atoms with van der Waals surface area (Å²) in [7, 11) is 1.29. The number of nitro groups is 1. The number of nitrogens with one attached hydrogen (secondary N) is 1. The van der Waals surface area contributed by atoms with Crippen LogP contribution in [0.15, 0.2) is 24.3 Å². The number of carbonyl (C=O) groups is 1.